The molecule has 0 atom stereocenters. The second kappa shape index (κ2) is 6.48. The summed E-state index contributed by atoms with van der Waals surface area (Å²) in [5, 5.41) is 6.47. The molecule has 116 valence electrons. The molecule has 0 aliphatic carbocycles. The fourth-order valence-electron chi connectivity index (χ4n) is 3.05. The van der Waals surface area contributed by atoms with Crippen LogP contribution in [-0.4, -0.2) is 44.5 Å². The van der Waals surface area contributed by atoms with Crippen molar-refractivity contribution >= 4 is 11.6 Å². The number of fused-ring (bicyclic) bond motifs is 1. The maximum absolute atomic E-state index is 12.5. The van der Waals surface area contributed by atoms with Gasteiger partial charge in [0.05, 0.1) is 0 Å². The Balaban J connectivity index is 2.04. The summed E-state index contributed by atoms with van der Waals surface area (Å²) < 4.78 is 0. The molecule has 1 aliphatic heterocycles. The smallest absolute Gasteiger partial charge is 0.251 e. The Labute approximate surface area is 127 Å². The summed E-state index contributed by atoms with van der Waals surface area (Å²) in [5.41, 5.74) is 3.15. The van der Waals surface area contributed by atoms with E-state index in [4.69, 9.17) is 0 Å². The number of nitrogens with one attached hydrogen (secondary N) is 2. The van der Waals surface area contributed by atoms with Crippen molar-refractivity contribution in [2.75, 3.05) is 39.0 Å². The van der Waals surface area contributed by atoms with Gasteiger partial charge in [0, 0.05) is 30.9 Å². The van der Waals surface area contributed by atoms with Crippen LogP contribution in [-0.2, 0) is 6.42 Å². The molecule has 0 aromatic heterocycles. The van der Waals surface area contributed by atoms with Crippen molar-refractivity contribution < 1.29 is 4.79 Å². The average molecular weight is 289 g/mol. The molecule has 0 unspecified atom stereocenters. The van der Waals surface area contributed by atoms with Crippen molar-refractivity contribution in [1.82, 2.24) is 10.2 Å². The van der Waals surface area contributed by atoms with Crippen LogP contribution in [0.4, 0.5) is 5.69 Å². The van der Waals surface area contributed by atoms with E-state index in [2.05, 4.69) is 49.5 Å². The zero-order valence-electron chi connectivity index (χ0n) is 13.6. The largest absolute Gasteiger partial charge is 0.385 e. The number of hydrogen-bond acceptors (Lipinski definition) is 3. The highest BCUT2D eigenvalue weighted by Gasteiger charge is 2.22. The first kappa shape index (κ1) is 15.8. The van der Waals surface area contributed by atoms with Gasteiger partial charge in [-0.1, -0.05) is 19.9 Å². The summed E-state index contributed by atoms with van der Waals surface area (Å²) in [4.78, 5) is 14.6. The van der Waals surface area contributed by atoms with Crippen molar-refractivity contribution in [1.29, 1.82) is 0 Å². The Bertz CT molecular complexity index is 509. The van der Waals surface area contributed by atoms with Crippen molar-refractivity contribution in [2.24, 2.45) is 5.41 Å². The highest BCUT2D eigenvalue weighted by molar-refractivity contribution is 5.97. The Morgan fingerprint density at radius 2 is 2.14 bits per heavy atom. The van der Waals surface area contributed by atoms with E-state index in [1.165, 1.54) is 0 Å². The summed E-state index contributed by atoms with van der Waals surface area (Å²) in [7, 11) is 4.12. The summed E-state index contributed by atoms with van der Waals surface area (Å²) in [6.07, 6.45) is 2.07. The van der Waals surface area contributed by atoms with Gasteiger partial charge in [-0.15, -0.1) is 0 Å². The molecule has 1 heterocycles. The standard InChI is InChI=1S/C17H27N3O/c1-17(2,12-20(3)4)11-19-16(21)14-7-5-9-15-13(14)8-6-10-18-15/h5,7,9,18H,6,8,10-12H2,1-4H3,(H,19,21). The predicted octanol–water partition coefficient (Wildman–Crippen LogP) is 2.36. The molecule has 0 bridgehead atoms. The molecule has 0 fully saturated rings. The lowest BCUT2D eigenvalue weighted by atomic mass is 9.92. The number of carbonyl (C=O) groups is 1. The van der Waals surface area contributed by atoms with E-state index in [0.717, 1.165) is 42.7 Å². The highest BCUT2D eigenvalue weighted by atomic mass is 16.1. The number of anilines is 1. The molecule has 2 rings (SSSR count). The fourth-order valence-corrected chi connectivity index (χ4v) is 3.05. The maximum atomic E-state index is 12.5. The molecule has 1 aromatic carbocycles. The van der Waals surface area contributed by atoms with Gasteiger partial charge >= 0.3 is 0 Å². The van der Waals surface area contributed by atoms with Crippen LogP contribution in [0.5, 0.6) is 0 Å². The monoisotopic (exact) mass is 289 g/mol. The minimum absolute atomic E-state index is 0.0439. The topological polar surface area (TPSA) is 44.4 Å². The van der Waals surface area contributed by atoms with E-state index in [1.54, 1.807) is 0 Å². The fraction of sp³-hybridized carbons (Fsp3) is 0.588. The molecule has 1 amide bonds. The molecule has 1 aliphatic rings. The van der Waals surface area contributed by atoms with Crippen LogP contribution in [0.2, 0.25) is 0 Å². The lowest BCUT2D eigenvalue weighted by Gasteiger charge is -2.29. The Kier molecular flexibility index (Phi) is 4.88. The van der Waals surface area contributed by atoms with Crippen LogP contribution < -0.4 is 10.6 Å². The molecule has 0 spiro atoms. The van der Waals surface area contributed by atoms with Gasteiger partial charge in [0.25, 0.3) is 5.91 Å². The van der Waals surface area contributed by atoms with Gasteiger partial charge in [-0.2, -0.15) is 0 Å². The summed E-state index contributed by atoms with van der Waals surface area (Å²) >= 11 is 0. The molecule has 4 nitrogen and oxygen atoms in total. The number of amides is 1. The number of hydrogen-bond donors (Lipinski definition) is 2. The molecule has 0 saturated heterocycles. The second-order valence-corrected chi connectivity index (χ2v) is 6.95. The van der Waals surface area contributed by atoms with Crippen LogP contribution >= 0.6 is 0 Å². The van der Waals surface area contributed by atoms with E-state index in [-0.39, 0.29) is 11.3 Å². The third-order valence-electron chi connectivity index (χ3n) is 3.81. The van der Waals surface area contributed by atoms with Crippen molar-refractivity contribution in [2.45, 2.75) is 26.7 Å². The molecule has 0 radical (unpaired) electrons. The minimum Gasteiger partial charge on any atom is -0.385 e. The third kappa shape index (κ3) is 4.21. The number of rotatable bonds is 5. The summed E-state index contributed by atoms with van der Waals surface area (Å²) in [6, 6.07) is 5.94. The Morgan fingerprint density at radius 1 is 1.38 bits per heavy atom. The van der Waals surface area contributed by atoms with E-state index in [0.29, 0.717) is 6.54 Å². The Morgan fingerprint density at radius 3 is 2.86 bits per heavy atom. The third-order valence-corrected chi connectivity index (χ3v) is 3.81. The number of carbonyl (C=O) groups excluding carboxylic acids is 1. The van der Waals surface area contributed by atoms with Crippen LogP contribution in [0.15, 0.2) is 18.2 Å². The zero-order valence-corrected chi connectivity index (χ0v) is 13.6. The molecule has 1 aromatic rings. The van der Waals surface area contributed by atoms with Crippen molar-refractivity contribution in [3.05, 3.63) is 29.3 Å². The molecular weight excluding hydrogens is 262 g/mol. The predicted molar refractivity (Wildman–Crippen MR) is 87.9 cm³/mol. The average Bonchev–Trinajstić information content (AvgIpc) is 2.43. The van der Waals surface area contributed by atoms with Gasteiger partial charge in [-0.25, -0.2) is 0 Å². The first-order chi connectivity index (χ1) is 9.89. The van der Waals surface area contributed by atoms with Crippen molar-refractivity contribution in [3.8, 4) is 0 Å². The quantitative estimate of drug-likeness (QED) is 0.874. The zero-order chi connectivity index (χ0) is 15.5. The van der Waals surface area contributed by atoms with Crippen LogP contribution in [0.3, 0.4) is 0 Å². The van der Waals surface area contributed by atoms with Crippen LogP contribution in [0.1, 0.15) is 36.2 Å². The van der Waals surface area contributed by atoms with E-state index < -0.39 is 0 Å². The first-order valence-corrected chi connectivity index (χ1v) is 7.68. The Hall–Kier alpha value is -1.55. The second-order valence-electron chi connectivity index (χ2n) is 6.95. The van der Waals surface area contributed by atoms with Gasteiger partial charge in [-0.05, 0) is 50.0 Å². The van der Waals surface area contributed by atoms with Crippen LogP contribution in [0, 0.1) is 5.41 Å². The maximum Gasteiger partial charge on any atom is 0.251 e. The SMILES string of the molecule is CN(C)CC(C)(C)CNC(=O)c1cccc2c1CCCN2. The minimum atomic E-state index is 0.0439. The number of benzene rings is 1. The molecular formula is C17H27N3O. The van der Waals surface area contributed by atoms with E-state index in [1.807, 2.05) is 12.1 Å². The van der Waals surface area contributed by atoms with Gasteiger partial charge < -0.3 is 15.5 Å². The normalized spacial score (nSPS) is 14.5. The van der Waals surface area contributed by atoms with Gasteiger partial charge in [0.2, 0.25) is 0 Å². The van der Waals surface area contributed by atoms with Gasteiger partial charge in [0.1, 0.15) is 0 Å². The van der Waals surface area contributed by atoms with E-state index in [9.17, 15) is 4.79 Å². The first-order valence-electron chi connectivity index (χ1n) is 7.68. The summed E-state index contributed by atoms with van der Waals surface area (Å²) in [5.74, 6) is 0.0439. The van der Waals surface area contributed by atoms with Gasteiger partial charge in [-0.3, -0.25) is 4.79 Å². The lowest BCUT2D eigenvalue weighted by molar-refractivity contribution is 0.0928. The molecule has 0 saturated carbocycles. The lowest BCUT2D eigenvalue weighted by Crippen LogP contribution is -2.40. The van der Waals surface area contributed by atoms with Crippen LogP contribution in [0.25, 0.3) is 0 Å². The van der Waals surface area contributed by atoms with E-state index >= 15 is 0 Å². The summed E-state index contributed by atoms with van der Waals surface area (Å²) in [6.45, 7) is 6.97. The molecule has 21 heavy (non-hydrogen) atoms. The number of nitrogens with zero attached hydrogens (tertiary/aromatic N) is 1. The highest BCUT2D eigenvalue weighted by Crippen LogP contribution is 2.25. The van der Waals surface area contributed by atoms with Crippen molar-refractivity contribution in [3.63, 3.8) is 0 Å². The van der Waals surface area contributed by atoms with Gasteiger partial charge in [0.15, 0.2) is 0 Å². The molecule has 4 heteroatoms. The molecule has 2 N–H and O–H groups in total.